The average Bonchev–Trinajstić information content (AvgIpc) is 2.73. The van der Waals surface area contributed by atoms with Gasteiger partial charge in [-0.3, -0.25) is 9.59 Å². The molecule has 0 bridgehead atoms. The maximum Gasteiger partial charge on any atom is 0.265 e. The number of benzene rings is 3. The third-order valence-electron chi connectivity index (χ3n) is 5.05. The van der Waals surface area contributed by atoms with Gasteiger partial charge in [0.05, 0.1) is 18.9 Å². The summed E-state index contributed by atoms with van der Waals surface area (Å²) in [6.45, 7) is 0.506. The second kappa shape index (κ2) is 7.83. The molecule has 0 unspecified atom stereocenters. The Kier molecular flexibility index (Phi) is 5.24. The SMILES string of the molecule is O=C1c2cccc3c(N(CCO)CCO)ccc(c23)C(=O)N1c1ccc(Cl)cc1. The number of hydrogen-bond donors (Lipinski definition) is 2. The van der Waals surface area contributed by atoms with Crippen LogP contribution in [-0.2, 0) is 0 Å². The van der Waals surface area contributed by atoms with Gasteiger partial charge in [-0.05, 0) is 42.5 Å². The van der Waals surface area contributed by atoms with Gasteiger partial charge < -0.3 is 15.1 Å². The summed E-state index contributed by atoms with van der Waals surface area (Å²) < 4.78 is 0. The molecule has 1 aliphatic rings. The summed E-state index contributed by atoms with van der Waals surface area (Å²) in [4.78, 5) is 29.4. The predicted octanol–water partition coefficient (Wildman–Crippen LogP) is 3.08. The van der Waals surface area contributed by atoms with E-state index in [0.717, 1.165) is 16.0 Å². The minimum atomic E-state index is -0.400. The molecule has 0 radical (unpaired) electrons. The number of carbonyl (C=O) groups is 2. The second-order valence-electron chi connectivity index (χ2n) is 6.72. The van der Waals surface area contributed by atoms with E-state index in [9.17, 15) is 19.8 Å². The first-order valence-corrected chi connectivity index (χ1v) is 9.61. The van der Waals surface area contributed by atoms with E-state index in [1.807, 2.05) is 11.0 Å². The summed E-state index contributed by atoms with van der Waals surface area (Å²) >= 11 is 5.94. The maximum atomic E-state index is 13.2. The van der Waals surface area contributed by atoms with Crippen LogP contribution in [0.5, 0.6) is 0 Å². The van der Waals surface area contributed by atoms with Crippen LogP contribution in [0, 0.1) is 0 Å². The summed E-state index contributed by atoms with van der Waals surface area (Å²) in [6.07, 6.45) is 0. The van der Waals surface area contributed by atoms with Crippen molar-refractivity contribution >= 4 is 45.6 Å². The van der Waals surface area contributed by atoms with Crippen molar-refractivity contribution in [1.29, 1.82) is 0 Å². The van der Waals surface area contributed by atoms with Crippen LogP contribution in [0.25, 0.3) is 10.8 Å². The first-order valence-electron chi connectivity index (χ1n) is 9.23. The number of amides is 2. The molecule has 4 rings (SSSR count). The van der Waals surface area contributed by atoms with Gasteiger partial charge in [0.1, 0.15) is 0 Å². The van der Waals surface area contributed by atoms with Crippen LogP contribution in [0.15, 0.2) is 54.6 Å². The number of hydrogen-bond acceptors (Lipinski definition) is 5. The molecule has 1 heterocycles. The molecule has 148 valence electrons. The Morgan fingerprint density at radius 3 is 2.07 bits per heavy atom. The third kappa shape index (κ3) is 3.25. The van der Waals surface area contributed by atoms with Gasteiger partial charge >= 0.3 is 0 Å². The molecular formula is C22H19ClN2O4. The second-order valence-corrected chi connectivity index (χ2v) is 7.15. The van der Waals surface area contributed by atoms with E-state index in [1.54, 1.807) is 48.5 Å². The van der Waals surface area contributed by atoms with Crippen LogP contribution in [0.2, 0.25) is 5.02 Å². The molecule has 1 aliphatic heterocycles. The predicted molar refractivity (Wildman–Crippen MR) is 113 cm³/mol. The molecule has 0 fully saturated rings. The Hall–Kier alpha value is -2.93. The molecule has 29 heavy (non-hydrogen) atoms. The number of aliphatic hydroxyl groups excluding tert-OH is 2. The highest BCUT2D eigenvalue weighted by molar-refractivity contribution is 6.36. The van der Waals surface area contributed by atoms with E-state index < -0.39 is 11.8 Å². The van der Waals surface area contributed by atoms with E-state index in [1.165, 1.54) is 0 Å². The fraction of sp³-hybridized carbons (Fsp3) is 0.182. The molecule has 0 aliphatic carbocycles. The number of carbonyl (C=O) groups excluding carboxylic acids is 2. The number of imide groups is 1. The van der Waals surface area contributed by atoms with E-state index in [-0.39, 0.29) is 13.2 Å². The normalized spacial score (nSPS) is 13.3. The fourth-order valence-corrected chi connectivity index (χ4v) is 3.90. The zero-order valence-corrected chi connectivity index (χ0v) is 16.3. The standard InChI is InChI=1S/C22H19ClN2O4/c23-14-4-6-15(7-5-14)25-21(28)17-3-1-2-16-19(24(10-12-26)11-13-27)9-8-18(20(16)17)22(25)29/h1-9,26-27H,10-13H2. The fourth-order valence-electron chi connectivity index (χ4n) is 3.78. The Bertz CT molecular complexity index is 1070. The van der Waals surface area contributed by atoms with Gasteiger partial charge in [-0.1, -0.05) is 23.7 Å². The number of aliphatic hydroxyl groups is 2. The van der Waals surface area contributed by atoms with Crippen LogP contribution in [0.3, 0.4) is 0 Å². The summed E-state index contributed by atoms with van der Waals surface area (Å²) in [6, 6.07) is 15.4. The highest BCUT2D eigenvalue weighted by Gasteiger charge is 2.34. The highest BCUT2D eigenvalue weighted by Crippen LogP contribution is 2.37. The minimum absolute atomic E-state index is 0.0782. The lowest BCUT2D eigenvalue weighted by Gasteiger charge is -2.30. The van der Waals surface area contributed by atoms with Gasteiger partial charge in [-0.25, -0.2) is 4.90 Å². The van der Waals surface area contributed by atoms with Crippen molar-refractivity contribution in [3.8, 4) is 0 Å². The number of anilines is 2. The molecule has 2 amide bonds. The summed E-state index contributed by atoms with van der Waals surface area (Å²) in [5.41, 5.74) is 2.08. The molecule has 0 saturated carbocycles. The Labute approximate surface area is 172 Å². The van der Waals surface area contributed by atoms with E-state index in [0.29, 0.717) is 40.3 Å². The monoisotopic (exact) mass is 410 g/mol. The lowest BCUT2D eigenvalue weighted by atomic mass is 9.92. The number of halogens is 1. The van der Waals surface area contributed by atoms with Crippen molar-refractivity contribution in [1.82, 2.24) is 0 Å². The van der Waals surface area contributed by atoms with Crippen molar-refractivity contribution in [2.75, 3.05) is 36.1 Å². The molecule has 0 spiro atoms. The van der Waals surface area contributed by atoms with Gasteiger partial charge in [-0.15, -0.1) is 0 Å². The molecule has 0 aromatic heterocycles. The topological polar surface area (TPSA) is 81.1 Å². The van der Waals surface area contributed by atoms with Gasteiger partial charge in [0.25, 0.3) is 11.8 Å². The molecule has 0 saturated heterocycles. The molecule has 3 aromatic rings. The molecule has 2 N–H and O–H groups in total. The van der Waals surface area contributed by atoms with E-state index >= 15 is 0 Å². The van der Waals surface area contributed by atoms with Crippen LogP contribution in [0.4, 0.5) is 11.4 Å². The Morgan fingerprint density at radius 1 is 0.828 bits per heavy atom. The van der Waals surface area contributed by atoms with Crippen molar-refractivity contribution < 1.29 is 19.8 Å². The van der Waals surface area contributed by atoms with Crippen molar-refractivity contribution in [3.05, 3.63) is 70.7 Å². The van der Waals surface area contributed by atoms with Gasteiger partial charge in [0.2, 0.25) is 0 Å². The third-order valence-corrected chi connectivity index (χ3v) is 5.30. The Morgan fingerprint density at radius 2 is 1.45 bits per heavy atom. The van der Waals surface area contributed by atoms with Crippen LogP contribution < -0.4 is 9.80 Å². The molecule has 0 atom stereocenters. The molecule has 7 heteroatoms. The smallest absolute Gasteiger partial charge is 0.265 e. The Balaban J connectivity index is 1.89. The van der Waals surface area contributed by atoms with Crippen LogP contribution >= 0.6 is 11.6 Å². The van der Waals surface area contributed by atoms with E-state index in [4.69, 9.17) is 11.6 Å². The summed E-state index contributed by atoms with van der Waals surface area (Å²) in [7, 11) is 0. The number of nitrogens with zero attached hydrogens (tertiary/aromatic N) is 2. The van der Waals surface area contributed by atoms with Crippen LogP contribution in [0.1, 0.15) is 20.7 Å². The highest BCUT2D eigenvalue weighted by atomic mass is 35.5. The van der Waals surface area contributed by atoms with Gasteiger partial charge in [0.15, 0.2) is 0 Å². The molecule has 6 nitrogen and oxygen atoms in total. The van der Waals surface area contributed by atoms with Gasteiger partial charge in [0, 0.05) is 45.7 Å². The lowest BCUT2D eigenvalue weighted by Crippen LogP contribution is -2.40. The largest absolute Gasteiger partial charge is 0.395 e. The molecule has 3 aromatic carbocycles. The number of rotatable bonds is 6. The summed E-state index contributed by atoms with van der Waals surface area (Å²) in [5, 5.41) is 20.6. The first kappa shape index (κ1) is 19.4. The quantitative estimate of drug-likeness (QED) is 0.610. The van der Waals surface area contributed by atoms with Crippen LogP contribution in [-0.4, -0.2) is 48.3 Å². The van der Waals surface area contributed by atoms with Gasteiger partial charge in [-0.2, -0.15) is 0 Å². The van der Waals surface area contributed by atoms with E-state index in [2.05, 4.69) is 0 Å². The zero-order chi connectivity index (χ0) is 20.5. The average molecular weight is 411 g/mol. The summed E-state index contributed by atoms with van der Waals surface area (Å²) in [5.74, 6) is -0.799. The maximum absolute atomic E-state index is 13.2. The zero-order valence-electron chi connectivity index (χ0n) is 15.5. The van der Waals surface area contributed by atoms with Crippen molar-refractivity contribution in [2.24, 2.45) is 0 Å². The minimum Gasteiger partial charge on any atom is -0.395 e. The lowest BCUT2D eigenvalue weighted by molar-refractivity contribution is 0.0893. The van der Waals surface area contributed by atoms with Crippen molar-refractivity contribution in [2.45, 2.75) is 0 Å². The van der Waals surface area contributed by atoms with Crippen molar-refractivity contribution in [3.63, 3.8) is 0 Å². The first-order chi connectivity index (χ1) is 14.1. The molecular weight excluding hydrogens is 392 g/mol.